The van der Waals surface area contributed by atoms with Crippen molar-refractivity contribution in [3.63, 3.8) is 0 Å². The van der Waals surface area contributed by atoms with Crippen molar-refractivity contribution in [1.82, 2.24) is 10.3 Å². The van der Waals surface area contributed by atoms with Crippen LogP contribution in [0.5, 0.6) is 0 Å². The third kappa shape index (κ3) is 3.34. The van der Waals surface area contributed by atoms with E-state index in [0.29, 0.717) is 18.8 Å². The van der Waals surface area contributed by atoms with Gasteiger partial charge in [-0.15, -0.1) is 0 Å². The Bertz CT molecular complexity index is 439. The molecule has 98 valence electrons. The summed E-state index contributed by atoms with van der Waals surface area (Å²) in [4.78, 5) is 15.9. The molecule has 6 heteroatoms. The number of rotatable bonds is 2. The monoisotopic (exact) mass is 288 g/mol. The van der Waals surface area contributed by atoms with Gasteiger partial charge in [-0.2, -0.15) is 0 Å². The van der Waals surface area contributed by atoms with E-state index >= 15 is 0 Å². The van der Waals surface area contributed by atoms with E-state index in [4.69, 9.17) is 27.9 Å². The molecule has 1 aliphatic heterocycles. The third-order valence-corrected chi connectivity index (χ3v) is 3.42. The first-order chi connectivity index (χ1) is 8.48. The number of ether oxygens (including phenoxy) is 1. The Balaban J connectivity index is 2.11. The molecule has 0 unspecified atom stereocenters. The number of hydrogen-bond donors (Lipinski definition) is 1. The largest absolute Gasteiger partial charge is 0.381 e. The zero-order valence-electron chi connectivity index (χ0n) is 10.0. The van der Waals surface area contributed by atoms with Crippen molar-refractivity contribution in [2.45, 2.75) is 25.3 Å². The lowest BCUT2D eigenvalue weighted by molar-refractivity contribution is 0.0423. The van der Waals surface area contributed by atoms with E-state index in [9.17, 15) is 4.79 Å². The SMILES string of the molecule is CC1(NC(=O)c2cc(Cl)nc(Cl)c2)CCOCC1. The number of amides is 1. The normalized spacial score (nSPS) is 18.4. The predicted octanol–water partition coefficient (Wildman–Crippen LogP) is 2.69. The van der Waals surface area contributed by atoms with Gasteiger partial charge in [-0.25, -0.2) is 4.98 Å². The number of aromatic nitrogens is 1. The molecule has 1 fully saturated rings. The van der Waals surface area contributed by atoms with Crippen molar-refractivity contribution in [3.8, 4) is 0 Å². The highest BCUT2D eigenvalue weighted by molar-refractivity contribution is 6.33. The number of carbonyl (C=O) groups excluding carboxylic acids is 1. The van der Waals surface area contributed by atoms with Crippen LogP contribution < -0.4 is 5.32 Å². The maximum Gasteiger partial charge on any atom is 0.251 e. The van der Waals surface area contributed by atoms with Gasteiger partial charge in [0.25, 0.3) is 5.91 Å². The first-order valence-corrected chi connectivity index (χ1v) is 6.47. The molecule has 18 heavy (non-hydrogen) atoms. The van der Waals surface area contributed by atoms with Gasteiger partial charge in [0.2, 0.25) is 0 Å². The van der Waals surface area contributed by atoms with E-state index in [-0.39, 0.29) is 21.8 Å². The number of halogens is 2. The van der Waals surface area contributed by atoms with Crippen LogP contribution in [-0.2, 0) is 4.74 Å². The molecule has 1 aromatic heterocycles. The lowest BCUT2D eigenvalue weighted by Gasteiger charge is -2.34. The second-order valence-electron chi connectivity index (χ2n) is 4.63. The quantitative estimate of drug-likeness (QED) is 0.852. The fourth-order valence-electron chi connectivity index (χ4n) is 1.89. The van der Waals surface area contributed by atoms with E-state index in [1.807, 2.05) is 6.92 Å². The van der Waals surface area contributed by atoms with Crippen LogP contribution in [-0.4, -0.2) is 29.6 Å². The zero-order valence-corrected chi connectivity index (χ0v) is 11.5. The Hall–Kier alpha value is -0.840. The number of nitrogens with one attached hydrogen (secondary N) is 1. The van der Waals surface area contributed by atoms with Crippen LogP contribution in [0.2, 0.25) is 10.3 Å². The predicted molar refractivity (Wildman–Crippen MR) is 70.2 cm³/mol. The van der Waals surface area contributed by atoms with Crippen molar-refractivity contribution in [1.29, 1.82) is 0 Å². The van der Waals surface area contributed by atoms with E-state index in [1.54, 1.807) is 0 Å². The van der Waals surface area contributed by atoms with Gasteiger partial charge in [0.05, 0.1) is 0 Å². The number of pyridine rings is 1. The van der Waals surface area contributed by atoms with Crippen molar-refractivity contribution in [2.24, 2.45) is 0 Å². The van der Waals surface area contributed by atoms with Crippen LogP contribution in [0.15, 0.2) is 12.1 Å². The lowest BCUT2D eigenvalue weighted by atomic mass is 9.92. The summed E-state index contributed by atoms with van der Waals surface area (Å²) in [5, 5.41) is 3.43. The van der Waals surface area contributed by atoms with Crippen LogP contribution in [0.1, 0.15) is 30.1 Å². The summed E-state index contributed by atoms with van der Waals surface area (Å²) in [6.07, 6.45) is 1.59. The molecule has 0 atom stereocenters. The lowest BCUT2D eigenvalue weighted by Crippen LogP contribution is -2.49. The minimum absolute atomic E-state index is 0.189. The third-order valence-electron chi connectivity index (χ3n) is 3.04. The molecule has 0 bridgehead atoms. The number of carbonyl (C=O) groups is 1. The Kier molecular flexibility index (Phi) is 4.10. The van der Waals surface area contributed by atoms with Crippen LogP contribution >= 0.6 is 23.2 Å². The number of nitrogens with zero attached hydrogens (tertiary/aromatic N) is 1. The molecule has 4 nitrogen and oxygen atoms in total. The van der Waals surface area contributed by atoms with Crippen LogP contribution in [0.3, 0.4) is 0 Å². The Morgan fingerprint density at radius 1 is 1.33 bits per heavy atom. The smallest absolute Gasteiger partial charge is 0.251 e. The van der Waals surface area contributed by atoms with Gasteiger partial charge < -0.3 is 10.1 Å². The van der Waals surface area contributed by atoms with E-state index < -0.39 is 0 Å². The fraction of sp³-hybridized carbons (Fsp3) is 0.500. The molecular weight excluding hydrogens is 275 g/mol. The van der Waals surface area contributed by atoms with Crippen molar-refractivity contribution >= 4 is 29.1 Å². The van der Waals surface area contributed by atoms with Gasteiger partial charge in [0, 0.05) is 24.3 Å². The van der Waals surface area contributed by atoms with Crippen LogP contribution in [0.4, 0.5) is 0 Å². The molecule has 0 aromatic carbocycles. The topological polar surface area (TPSA) is 51.2 Å². The highest BCUT2D eigenvalue weighted by atomic mass is 35.5. The van der Waals surface area contributed by atoms with Gasteiger partial charge in [-0.05, 0) is 31.9 Å². The van der Waals surface area contributed by atoms with E-state index in [1.165, 1.54) is 12.1 Å². The molecule has 2 rings (SSSR count). The Morgan fingerprint density at radius 2 is 1.89 bits per heavy atom. The highest BCUT2D eigenvalue weighted by Crippen LogP contribution is 2.21. The molecule has 1 N–H and O–H groups in total. The Labute approximate surface area is 116 Å². The van der Waals surface area contributed by atoms with Gasteiger partial charge in [-0.3, -0.25) is 4.79 Å². The average molecular weight is 289 g/mol. The van der Waals surface area contributed by atoms with Gasteiger partial charge in [0.15, 0.2) is 0 Å². The molecule has 1 aromatic rings. The fourth-order valence-corrected chi connectivity index (χ4v) is 2.35. The minimum atomic E-state index is -0.239. The molecule has 1 amide bonds. The molecule has 0 spiro atoms. The second kappa shape index (κ2) is 5.43. The summed E-state index contributed by atoms with van der Waals surface area (Å²) in [5.74, 6) is -0.189. The van der Waals surface area contributed by atoms with Crippen molar-refractivity contribution < 1.29 is 9.53 Å². The standard InChI is InChI=1S/C12H14Cl2N2O2/c1-12(2-4-18-5-3-12)16-11(17)8-6-9(13)15-10(14)7-8/h6-7H,2-5H2,1H3,(H,16,17). The van der Waals surface area contributed by atoms with Gasteiger partial charge >= 0.3 is 0 Å². The van der Waals surface area contributed by atoms with E-state index in [2.05, 4.69) is 10.3 Å². The van der Waals surface area contributed by atoms with Gasteiger partial charge in [-0.1, -0.05) is 23.2 Å². The molecule has 2 heterocycles. The van der Waals surface area contributed by atoms with E-state index in [0.717, 1.165) is 12.8 Å². The Morgan fingerprint density at radius 3 is 2.44 bits per heavy atom. The summed E-state index contributed by atoms with van der Waals surface area (Å²) in [7, 11) is 0. The minimum Gasteiger partial charge on any atom is -0.381 e. The summed E-state index contributed by atoms with van der Waals surface area (Å²) in [6.45, 7) is 3.33. The molecule has 0 saturated carbocycles. The van der Waals surface area contributed by atoms with Crippen molar-refractivity contribution in [3.05, 3.63) is 28.0 Å². The summed E-state index contributed by atoms with van der Waals surface area (Å²) >= 11 is 11.6. The molecule has 0 radical (unpaired) electrons. The van der Waals surface area contributed by atoms with Crippen LogP contribution in [0.25, 0.3) is 0 Å². The molecule has 1 saturated heterocycles. The number of hydrogen-bond acceptors (Lipinski definition) is 3. The summed E-state index contributed by atoms with van der Waals surface area (Å²) < 4.78 is 5.29. The second-order valence-corrected chi connectivity index (χ2v) is 5.40. The first-order valence-electron chi connectivity index (χ1n) is 5.72. The van der Waals surface area contributed by atoms with Crippen LogP contribution in [0, 0.1) is 0 Å². The molecular formula is C12H14Cl2N2O2. The van der Waals surface area contributed by atoms with Gasteiger partial charge in [0.1, 0.15) is 10.3 Å². The molecule has 0 aliphatic carbocycles. The maximum atomic E-state index is 12.1. The molecule has 1 aliphatic rings. The summed E-state index contributed by atoms with van der Waals surface area (Å²) in [6, 6.07) is 3.01. The average Bonchev–Trinajstić information content (AvgIpc) is 2.28. The summed E-state index contributed by atoms with van der Waals surface area (Å²) in [5.41, 5.74) is 0.185. The highest BCUT2D eigenvalue weighted by Gasteiger charge is 2.29. The maximum absolute atomic E-state index is 12.1. The zero-order chi connectivity index (χ0) is 13.2. The van der Waals surface area contributed by atoms with Crippen molar-refractivity contribution in [2.75, 3.05) is 13.2 Å². The first kappa shape index (κ1) is 13.6.